The molecule has 1 heterocycles. The molecule has 0 amide bonds. The van der Waals surface area contributed by atoms with Gasteiger partial charge in [0.1, 0.15) is 17.5 Å². The van der Waals surface area contributed by atoms with E-state index in [-0.39, 0.29) is 0 Å². The van der Waals surface area contributed by atoms with Gasteiger partial charge in [-0.1, -0.05) is 20.3 Å². The Labute approximate surface area is 120 Å². The molecule has 5 heteroatoms. The summed E-state index contributed by atoms with van der Waals surface area (Å²) in [5.41, 5.74) is 2.66. The average molecular weight is 275 g/mol. The first-order valence-electron chi connectivity index (χ1n) is 7.83. The van der Waals surface area contributed by atoms with E-state index >= 15 is 0 Å². The zero-order valence-corrected chi connectivity index (χ0v) is 12.4. The number of hydrogen-bond donors (Lipinski definition) is 3. The van der Waals surface area contributed by atoms with Crippen LogP contribution in [0.3, 0.4) is 0 Å². The van der Waals surface area contributed by atoms with Crippen LogP contribution in [0.25, 0.3) is 0 Å². The van der Waals surface area contributed by atoms with E-state index in [1.54, 1.807) is 0 Å². The Morgan fingerprint density at radius 1 is 1.20 bits per heavy atom. The molecule has 2 aliphatic rings. The lowest BCUT2D eigenvalue weighted by Gasteiger charge is -2.22. The molecule has 110 valence electrons. The third-order valence-electron chi connectivity index (χ3n) is 4.92. The van der Waals surface area contributed by atoms with E-state index in [0.717, 1.165) is 17.6 Å². The second-order valence-corrected chi connectivity index (χ2v) is 6.27. The van der Waals surface area contributed by atoms with E-state index in [2.05, 4.69) is 34.6 Å². The van der Waals surface area contributed by atoms with Crippen molar-refractivity contribution in [3.63, 3.8) is 0 Å². The highest BCUT2D eigenvalue weighted by atomic mass is 15.3. The number of nitrogen functional groups attached to an aromatic ring is 1. The van der Waals surface area contributed by atoms with Crippen LogP contribution in [0, 0.1) is 11.8 Å². The summed E-state index contributed by atoms with van der Waals surface area (Å²) < 4.78 is 0. The molecule has 5 nitrogen and oxygen atoms in total. The number of nitrogens with one attached hydrogen (secondary N) is 2. The van der Waals surface area contributed by atoms with Gasteiger partial charge in [0, 0.05) is 18.0 Å². The van der Waals surface area contributed by atoms with E-state index < -0.39 is 0 Å². The van der Waals surface area contributed by atoms with Gasteiger partial charge in [-0.25, -0.2) is 15.8 Å². The summed E-state index contributed by atoms with van der Waals surface area (Å²) in [7, 11) is 0. The van der Waals surface area contributed by atoms with Gasteiger partial charge in [-0.15, -0.1) is 0 Å². The van der Waals surface area contributed by atoms with Crippen molar-refractivity contribution in [3.8, 4) is 0 Å². The van der Waals surface area contributed by atoms with Crippen LogP contribution in [0.1, 0.15) is 57.7 Å². The minimum absolute atomic E-state index is 0.521. The molecule has 2 saturated carbocycles. The smallest absolute Gasteiger partial charge is 0.145 e. The first-order valence-corrected chi connectivity index (χ1v) is 7.83. The lowest BCUT2D eigenvalue weighted by Crippen LogP contribution is -2.25. The SMILES string of the molecule is CCC1CCC(Nc2cc(NN)nc(C3CC3)n2)C1C. The Hall–Kier alpha value is -1.36. The minimum Gasteiger partial charge on any atom is -0.367 e. The maximum absolute atomic E-state index is 5.52. The van der Waals surface area contributed by atoms with Crippen molar-refractivity contribution in [2.45, 2.75) is 57.9 Å². The van der Waals surface area contributed by atoms with Crippen LogP contribution >= 0.6 is 0 Å². The highest BCUT2D eigenvalue weighted by molar-refractivity contribution is 5.48. The maximum Gasteiger partial charge on any atom is 0.145 e. The average Bonchev–Trinajstić information content (AvgIpc) is 3.25. The number of anilines is 2. The summed E-state index contributed by atoms with van der Waals surface area (Å²) in [6.07, 6.45) is 6.22. The fraction of sp³-hybridized carbons (Fsp3) is 0.733. The van der Waals surface area contributed by atoms with Crippen LogP contribution in [-0.4, -0.2) is 16.0 Å². The van der Waals surface area contributed by atoms with Crippen molar-refractivity contribution in [2.24, 2.45) is 17.7 Å². The molecule has 3 unspecified atom stereocenters. The zero-order chi connectivity index (χ0) is 14.1. The van der Waals surface area contributed by atoms with Gasteiger partial charge in [0.15, 0.2) is 0 Å². The topological polar surface area (TPSA) is 75.9 Å². The van der Waals surface area contributed by atoms with Crippen molar-refractivity contribution in [1.29, 1.82) is 0 Å². The summed E-state index contributed by atoms with van der Waals surface area (Å²) in [6, 6.07) is 2.44. The summed E-state index contributed by atoms with van der Waals surface area (Å²) in [4.78, 5) is 9.13. The zero-order valence-electron chi connectivity index (χ0n) is 12.4. The first-order chi connectivity index (χ1) is 9.71. The Morgan fingerprint density at radius 2 is 1.95 bits per heavy atom. The highest BCUT2D eigenvalue weighted by Gasteiger charge is 2.32. The van der Waals surface area contributed by atoms with Crippen LogP contribution in [0.2, 0.25) is 0 Å². The van der Waals surface area contributed by atoms with Crippen molar-refractivity contribution < 1.29 is 0 Å². The van der Waals surface area contributed by atoms with Crippen LogP contribution in [0.15, 0.2) is 6.07 Å². The Balaban J connectivity index is 1.75. The highest BCUT2D eigenvalue weighted by Crippen LogP contribution is 2.39. The second kappa shape index (κ2) is 5.56. The van der Waals surface area contributed by atoms with E-state index in [1.807, 2.05) is 6.07 Å². The standard InChI is InChI=1S/C15H25N5/c1-3-10-6-7-12(9(10)2)17-13-8-14(20-16)19-15(18-13)11-4-5-11/h8-12H,3-7,16H2,1-2H3,(H2,17,18,19,20). The molecule has 0 saturated heterocycles. The van der Waals surface area contributed by atoms with Gasteiger partial charge < -0.3 is 10.7 Å². The van der Waals surface area contributed by atoms with Crippen LogP contribution in [0.5, 0.6) is 0 Å². The number of nitrogens with two attached hydrogens (primary N) is 1. The molecule has 1 aromatic heterocycles. The fourth-order valence-electron chi connectivity index (χ4n) is 3.36. The van der Waals surface area contributed by atoms with E-state index in [0.29, 0.717) is 23.7 Å². The number of rotatable bonds is 5. The predicted octanol–water partition coefficient (Wildman–Crippen LogP) is 2.88. The second-order valence-electron chi connectivity index (χ2n) is 6.27. The molecule has 0 bridgehead atoms. The normalized spacial score (nSPS) is 29.4. The third-order valence-corrected chi connectivity index (χ3v) is 4.92. The molecule has 2 fully saturated rings. The van der Waals surface area contributed by atoms with Gasteiger partial charge in [0.2, 0.25) is 0 Å². The lowest BCUT2D eigenvalue weighted by atomic mass is 9.93. The van der Waals surface area contributed by atoms with Crippen molar-refractivity contribution in [2.75, 3.05) is 10.7 Å². The molecule has 0 radical (unpaired) electrons. The fourth-order valence-corrected chi connectivity index (χ4v) is 3.36. The maximum atomic E-state index is 5.52. The van der Waals surface area contributed by atoms with Gasteiger partial charge >= 0.3 is 0 Å². The van der Waals surface area contributed by atoms with Crippen LogP contribution < -0.4 is 16.6 Å². The monoisotopic (exact) mass is 275 g/mol. The number of hydrogen-bond acceptors (Lipinski definition) is 5. The first kappa shape index (κ1) is 13.6. The van der Waals surface area contributed by atoms with Crippen molar-refractivity contribution in [3.05, 3.63) is 11.9 Å². The lowest BCUT2D eigenvalue weighted by molar-refractivity contribution is 0.391. The van der Waals surface area contributed by atoms with Gasteiger partial charge in [-0.3, -0.25) is 0 Å². The van der Waals surface area contributed by atoms with Crippen LogP contribution in [0.4, 0.5) is 11.6 Å². The molecule has 3 rings (SSSR count). The van der Waals surface area contributed by atoms with Crippen molar-refractivity contribution in [1.82, 2.24) is 9.97 Å². The molecule has 0 aliphatic heterocycles. The van der Waals surface area contributed by atoms with Crippen molar-refractivity contribution >= 4 is 11.6 Å². The van der Waals surface area contributed by atoms with Gasteiger partial charge in [-0.2, -0.15) is 0 Å². The third kappa shape index (κ3) is 2.73. The molecule has 0 aromatic carbocycles. The Bertz CT molecular complexity index is 471. The minimum atomic E-state index is 0.521. The molecule has 4 N–H and O–H groups in total. The van der Waals surface area contributed by atoms with Gasteiger partial charge in [0.25, 0.3) is 0 Å². The summed E-state index contributed by atoms with van der Waals surface area (Å²) >= 11 is 0. The van der Waals surface area contributed by atoms with E-state index in [4.69, 9.17) is 5.84 Å². The molecule has 20 heavy (non-hydrogen) atoms. The molecule has 2 aliphatic carbocycles. The number of nitrogens with zero attached hydrogens (tertiary/aromatic N) is 2. The number of hydrazine groups is 1. The summed E-state index contributed by atoms with van der Waals surface area (Å²) in [5.74, 6) is 10.2. The predicted molar refractivity (Wildman–Crippen MR) is 81.4 cm³/mol. The molecular formula is C15H25N5. The summed E-state index contributed by atoms with van der Waals surface area (Å²) in [5, 5.41) is 3.61. The molecular weight excluding hydrogens is 250 g/mol. The van der Waals surface area contributed by atoms with E-state index in [9.17, 15) is 0 Å². The summed E-state index contributed by atoms with van der Waals surface area (Å²) in [6.45, 7) is 4.64. The quantitative estimate of drug-likeness (QED) is 0.569. The Kier molecular flexibility index (Phi) is 3.78. The molecule has 0 spiro atoms. The van der Waals surface area contributed by atoms with Crippen LogP contribution in [-0.2, 0) is 0 Å². The van der Waals surface area contributed by atoms with E-state index in [1.165, 1.54) is 32.1 Å². The van der Waals surface area contributed by atoms with Gasteiger partial charge in [0.05, 0.1) is 0 Å². The largest absolute Gasteiger partial charge is 0.367 e. The van der Waals surface area contributed by atoms with Gasteiger partial charge in [-0.05, 0) is 37.5 Å². The number of aromatic nitrogens is 2. The molecule has 1 aromatic rings. The Morgan fingerprint density at radius 3 is 2.55 bits per heavy atom. The molecule has 3 atom stereocenters.